The third-order valence-electron chi connectivity index (χ3n) is 5.18. The van der Waals surface area contributed by atoms with Crippen LogP contribution in [0.5, 0.6) is 5.75 Å². The monoisotopic (exact) mass is 503 g/mol. The molecule has 1 fully saturated rings. The average Bonchev–Trinajstić information content (AvgIpc) is 3.21. The highest BCUT2D eigenvalue weighted by Gasteiger charge is 2.31. The highest BCUT2D eigenvalue weighted by Crippen LogP contribution is 2.23. The smallest absolute Gasteiger partial charge is 0.406 e. The summed E-state index contributed by atoms with van der Waals surface area (Å²) < 4.78 is 48.2. The number of hydrogen-bond acceptors (Lipinski definition) is 8. The standard InChI is InChI=1S/C23H24F3N7O3/c1-16-29-20(14-28-22(31-34-2)18-3-5-19(6-4-18)36-23(24,25)26)30-33(16)15-17-7-8-27-21(13-17)32-9-11-35-12-10-32/h3-8,13-14H,9-12,15H2,1-2H3/b28-14?,31-22-. The highest BCUT2D eigenvalue weighted by molar-refractivity contribution is 6.04. The van der Waals surface area contributed by atoms with Gasteiger partial charge in [0, 0.05) is 24.8 Å². The van der Waals surface area contributed by atoms with Crippen LogP contribution >= 0.6 is 0 Å². The summed E-state index contributed by atoms with van der Waals surface area (Å²) in [6, 6.07) is 9.07. The summed E-state index contributed by atoms with van der Waals surface area (Å²) in [5.41, 5.74) is 1.44. The van der Waals surface area contributed by atoms with E-state index in [1.807, 2.05) is 19.1 Å². The molecule has 1 aliphatic rings. The molecule has 0 spiro atoms. The molecule has 190 valence electrons. The molecule has 13 heteroatoms. The van der Waals surface area contributed by atoms with Crippen molar-refractivity contribution in [2.24, 2.45) is 10.1 Å². The lowest BCUT2D eigenvalue weighted by Crippen LogP contribution is -2.36. The van der Waals surface area contributed by atoms with E-state index in [9.17, 15) is 13.2 Å². The van der Waals surface area contributed by atoms with Crippen LogP contribution in [0.3, 0.4) is 0 Å². The number of anilines is 1. The molecule has 3 heterocycles. The first kappa shape index (κ1) is 25.1. The number of aryl methyl sites for hydroxylation is 1. The summed E-state index contributed by atoms with van der Waals surface area (Å²) in [6.45, 7) is 5.27. The highest BCUT2D eigenvalue weighted by atomic mass is 19.4. The fourth-order valence-electron chi connectivity index (χ4n) is 3.51. The van der Waals surface area contributed by atoms with E-state index >= 15 is 0 Å². The van der Waals surface area contributed by atoms with Crippen molar-refractivity contribution >= 4 is 17.9 Å². The number of benzene rings is 1. The van der Waals surface area contributed by atoms with Gasteiger partial charge in [-0.1, -0.05) is 5.16 Å². The molecule has 0 amide bonds. The van der Waals surface area contributed by atoms with Crippen molar-refractivity contribution in [2.75, 3.05) is 38.3 Å². The van der Waals surface area contributed by atoms with Crippen molar-refractivity contribution in [3.63, 3.8) is 0 Å². The Morgan fingerprint density at radius 1 is 1.17 bits per heavy atom. The molecule has 0 bridgehead atoms. The molecule has 3 aromatic rings. The second kappa shape index (κ2) is 11.2. The Labute approximate surface area is 205 Å². The number of halogens is 3. The molecular weight excluding hydrogens is 479 g/mol. The molecule has 10 nitrogen and oxygen atoms in total. The van der Waals surface area contributed by atoms with E-state index in [0.29, 0.717) is 37.0 Å². The van der Waals surface area contributed by atoms with Crippen LogP contribution in [-0.2, 0) is 16.1 Å². The summed E-state index contributed by atoms with van der Waals surface area (Å²) >= 11 is 0. The molecule has 0 saturated carbocycles. The number of morpholine rings is 1. The average molecular weight is 503 g/mol. The second-order valence-corrected chi connectivity index (χ2v) is 7.72. The molecule has 4 rings (SSSR count). The molecule has 0 aliphatic carbocycles. The second-order valence-electron chi connectivity index (χ2n) is 7.72. The Hall–Kier alpha value is -4.00. The van der Waals surface area contributed by atoms with Gasteiger partial charge in [-0.2, -0.15) is 0 Å². The number of pyridine rings is 1. The van der Waals surface area contributed by atoms with E-state index in [1.165, 1.54) is 37.6 Å². The van der Waals surface area contributed by atoms with Gasteiger partial charge in [-0.25, -0.2) is 19.6 Å². The first-order valence-corrected chi connectivity index (χ1v) is 11.0. The molecule has 0 radical (unpaired) electrons. The summed E-state index contributed by atoms with van der Waals surface area (Å²) in [5.74, 6) is 1.70. The third kappa shape index (κ3) is 6.78. The predicted octanol–water partition coefficient (Wildman–Crippen LogP) is 3.19. The quantitative estimate of drug-likeness (QED) is 0.277. The van der Waals surface area contributed by atoms with Gasteiger partial charge in [-0.15, -0.1) is 18.3 Å². The largest absolute Gasteiger partial charge is 0.573 e. The number of oxime groups is 1. The van der Waals surface area contributed by atoms with Gasteiger partial charge in [-0.3, -0.25) is 0 Å². The van der Waals surface area contributed by atoms with Crippen LogP contribution in [0.4, 0.5) is 19.0 Å². The van der Waals surface area contributed by atoms with E-state index in [-0.39, 0.29) is 11.6 Å². The first-order valence-electron chi connectivity index (χ1n) is 11.0. The Bertz CT molecular complexity index is 1220. The van der Waals surface area contributed by atoms with Gasteiger partial charge in [0.1, 0.15) is 24.5 Å². The van der Waals surface area contributed by atoms with E-state index in [4.69, 9.17) is 9.57 Å². The predicted molar refractivity (Wildman–Crippen MR) is 125 cm³/mol. The van der Waals surface area contributed by atoms with E-state index < -0.39 is 6.36 Å². The lowest BCUT2D eigenvalue weighted by molar-refractivity contribution is -0.274. The Balaban J connectivity index is 1.46. The van der Waals surface area contributed by atoms with Crippen LogP contribution in [0.25, 0.3) is 0 Å². The maximum atomic E-state index is 12.4. The van der Waals surface area contributed by atoms with Gasteiger partial charge < -0.3 is 19.2 Å². The fraction of sp³-hybridized carbons (Fsp3) is 0.348. The van der Waals surface area contributed by atoms with Gasteiger partial charge in [0.05, 0.1) is 26.0 Å². The summed E-state index contributed by atoms with van der Waals surface area (Å²) in [7, 11) is 1.34. The molecule has 0 atom stereocenters. The van der Waals surface area contributed by atoms with E-state index in [0.717, 1.165) is 24.5 Å². The summed E-state index contributed by atoms with van der Waals surface area (Å²) in [6.07, 6.45) is -1.59. The van der Waals surface area contributed by atoms with Gasteiger partial charge in [0.15, 0.2) is 11.7 Å². The van der Waals surface area contributed by atoms with E-state index in [1.54, 1.807) is 10.9 Å². The van der Waals surface area contributed by atoms with Crippen LogP contribution < -0.4 is 9.64 Å². The number of amidine groups is 1. The number of rotatable bonds is 7. The van der Waals surface area contributed by atoms with Crippen molar-refractivity contribution in [1.82, 2.24) is 19.7 Å². The molecular formula is C23H24F3N7O3. The van der Waals surface area contributed by atoms with Gasteiger partial charge in [0.2, 0.25) is 0 Å². The number of aromatic nitrogens is 4. The molecule has 1 saturated heterocycles. The van der Waals surface area contributed by atoms with Crippen LogP contribution in [-0.4, -0.2) is 71.6 Å². The number of nitrogens with zero attached hydrogens (tertiary/aromatic N) is 7. The fourth-order valence-corrected chi connectivity index (χ4v) is 3.51. The maximum absolute atomic E-state index is 12.4. The molecule has 1 aromatic carbocycles. The lowest BCUT2D eigenvalue weighted by atomic mass is 10.2. The van der Waals surface area contributed by atoms with Crippen LogP contribution in [0.2, 0.25) is 0 Å². The SMILES string of the molecule is CO/N=C(\N=Cc1nc(C)n(Cc2ccnc(N3CCOCC3)c2)n1)c1ccc(OC(F)(F)F)cc1. The Kier molecular flexibility index (Phi) is 7.78. The van der Waals surface area contributed by atoms with Crippen LogP contribution in [0, 0.1) is 6.92 Å². The maximum Gasteiger partial charge on any atom is 0.573 e. The zero-order valence-electron chi connectivity index (χ0n) is 19.6. The normalized spacial score (nSPS) is 14.9. The third-order valence-corrected chi connectivity index (χ3v) is 5.18. The summed E-state index contributed by atoms with van der Waals surface area (Å²) in [4.78, 5) is 20.2. The molecule has 2 aromatic heterocycles. The minimum Gasteiger partial charge on any atom is -0.406 e. The minimum absolute atomic E-state index is 0.134. The zero-order valence-corrected chi connectivity index (χ0v) is 19.6. The van der Waals surface area contributed by atoms with Crippen molar-refractivity contribution in [2.45, 2.75) is 19.8 Å². The minimum atomic E-state index is -4.77. The van der Waals surface area contributed by atoms with Crippen molar-refractivity contribution < 1.29 is 27.5 Å². The molecule has 36 heavy (non-hydrogen) atoms. The number of alkyl halides is 3. The Morgan fingerprint density at radius 2 is 1.92 bits per heavy atom. The van der Waals surface area contributed by atoms with Crippen molar-refractivity contribution in [3.8, 4) is 5.75 Å². The van der Waals surface area contributed by atoms with Gasteiger partial charge >= 0.3 is 6.36 Å². The lowest BCUT2D eigenvalue weighted by Gasteiger charge is -2.28. The Morgan fingerprint density at radius 3 is 2.61 bits per heavy atom. The number of ether oxygens (including phenoxy) is 2. The van der Waals surface area contributed by atoms with Crippen molar-refractivity contribution in [3.05, 3.63) is 65.4 Å². The van der Waals surface area contributed by atoms with Gasteiger partial charge in [0.25, 0.3) is 0 Å². The van der Waals surface area contributed by atoms with E-state index in [2.05, 4.69) is 34.9 Å². The number of hydrogen-bond donors (Lipinski definition) is 0. The van der Waals surface area contributed by atoms with Crippen LogP contribution in [0.15, 0.2) is 52.7 Å². The molecule has 0 unspecified atom stereocenters. The van der Waals surface area contributed by atoms with Crippen molar-refractivity contribution in [1.29, 1.82) is 0 Å². The van der Waals surface area contributed by atoms with Gasteiger partial charge in [-0.05, 0) is 48.9 Å². The topological polar surface area (TPSA) is 99.2 Å². The first-order chi connectivity index (χ1) is 17.3. The molecule has 1 aliphatic heterocycles. The number of aliphatic imine (C=N–C) groups is 1. The summed E-state index contributed by atoms with van der Waals surface area (Å²) in [5, 5.41) is 8.33. The zero-order chi connectivity index (χ0) is 25.5. The van der Waals surface area contributed by atoms with Crippen LogP contribution in [0.1, 0.15) is 22.8 Å². The molecule has 0 N–H and O–H groups in total.